The number of rotatable bonds is 3. The maximum Gasteiger partial charge on any atom is 0.327 e. The number of amides is 3. The molecule has 1 heterocycles. The lowest BCUT2D eigenvalue weighted by Crippen LogP contribution is -2.44. The molecule has 0 spiro atoms. The van der Waals surface area contributed by atoms with Gasteiger partial charge in [0.25, 0.3) is 5.91 Å². The first kappa shape index (κ1) is 10.7. The first-order valence-corrected chi connectivity index (χ1v) is 4.46. The quantitative estimate of drug-likeness (QED) is 0.482. The third-order valence-electron chi connectivity index (χ3n) is 2.49. The van der Waals surface area contributed by atoms with Crippen molar-refractivity contribution < 1.29 is 14.4 Å². The highest BCUT2D eigenvalue weighted by Gasteiger charge is 2.48. The molecule has 1 rings (SSSR count). The van der Waals surface area contributed by atoms with Crippen LogP contribution in [-0.2, 0) is 9.59 Å². The molecule has 1 fully saturated rings. The van der Waals surface area contributed by atoms with Crippen molar-refractivity contribution >= 4 is 18.2 Å². The molecule has 0 radical (unpaired) electrons. The Labute approximate surface area is 82.7 Å². The molecule has 0 aliphatic carbocycles. The van der Waals surface area contributed by atoms with Gasteiger partial charge in [0, 0.05) is 20.0 Å². The number of carbonyl (C=O) groups excluding carboxylic acids is 3. The Kier molecular flexibility index (Phi) is 2.59. The van der Waals surface area contributed by atoms with Crippen molar-refractivity contribution in [2.45, 2.75) is 25.8 Å². The molecule has 78 valence electrons. The van der Waals surface area contributed by atoms with Crippen LogP contribution in [0.1, 0.15) is 20.3 Å². The Balaban J connectivity index is 2.88. The van der Waals surface area contributed by atoms with Gasteiger partial charge in [0.1, 0.15) is 11.8 Å². The van der Waals surface area contributed by atoms with Gasteiger partial charge in [-0.2, -0.15) is 0 Å². The van der Waals surface area contributed by atoms with Gasteiger partial charge in [0.05, 0.1) is 0 Å². The molecule has 5 heteroatoms. The normalized spacial score (nSPS) is 20.5. The molecule has 0 aromatic rings. The van der Waals surface area contributed by atoms with Crippen molar-refractivity contribution in [3.05, 3.63) is 0 Å². The number of imide groups is 1. The monoisotopic (exact) mass is 198 g/mol. The summed E-state index contributed by atoms with van der Waals surface area (Å²) in [5.74, 6) is -0.228. The average Bonchev–Trinajstić information content (AvgIpc) is 2.27. The molecule has 0 atom stereocenters. The summed E-state index contributed by atoms with van der Waals surface area (Å²) in [4.78, 5) is 35.9. The average molecular weight is 198 g/mol. The van der Waals surface area contributed by atoms with Gasteiger partial charge in [-0.05, 0) is 13.8 Å². The van der Waals surface area contributed by atoms with Crippen LogP contribution in [0.15, 0.2) is 0 Å². The van der Waals surface area contributed by atoms with E-state index >= 15 is 0 Å². The second-order valence-corrected chi connectivity index (χ2v) is 3.81. The summed E-state index contributed by atoms with van der Waals surface area (Å²) in [6, 6.07) is -0.332. The molecule has 0 aromatic carbocycles. The maximum atomic E-state index is 11.6. The second-order valence-electron chi connectivity index (χ2n) is 3.81. The number of aldehydes is 1. The Morgan fingerprint density at radius 1 is 1.36 bits per heavy atom. The van der Waals surface area contributed by atoms with Crippen molar-refractivity contribution in [2.24, 2.45) is 0 Å². The van der Waals surface area contributed by atoms with E-state index in [1.54, 1.807) is 13.8 Å². The van der Waals surface area contributed by atoms with Crippen LogP contribution in [0.5, 0.6) is 0 Å². The van der Waals surface area contributed by atoms with Gasteiger partial charge in [0.15, 0.2) is 0 Å². The molecular formula is C9H14N2O3. The number of hydrogen-bond donors (Lipinski definition) is 0. The fourth-order valence-electron chi connectivity index (χ4n) is 1.59. The van der Waals surface area contributed by atoms with Crippen LogP contribution in [-0.4, -0.2) is 47.2 Å². The van der Waals surface area contributed by atoms with Gasteiger partial charge in [-0.25, -0.2) is 4.79 Å². The first-order valence-electron chi connectivity index (χ1n) is 4.46. The highest BCUT2D eigenvalue weighted by molar-refractivity contribution is 6.06. The summed E-state index contributed by atoms with van der Waals surface area (Å²) >= 11 is 0. The summed E-state index contributed by atoms with van der Waals surface area (Å²) in [5.41, 5.74) is -0.825. The zero-order valence-corrected chi connectivity index (χ0v) is 8.61. The smallest absolute Gasteiger partial charge is 0.310 e. The lowest BCUT2D eigenvalue weighted by atomic mass is 10.0. The fourth-order valence-corrected chi connectivity index (χ4v) is 1.59. The minimum Gasteiger partial charge on any atom is -0.310 e. The van der Waals surface area contributed by atoms with E-state index in [2.05, 4.69) is 0 Å². The van der Waals surface area contributed by atoms with Crippen LogP contribution in [0.25, 0.3) is 0 Å². The number of carbonyl (C=O) groups is 3. The van der Waals surface area contributed by atoms with E-state index in [-0.39, 0.29) is 18.4 Å². The molecule has 0 saturated carbocycles. The van der Waals surface area contributed by atoms with Crippen LogP contribution < -0.4 is 0 Å². The third kappa shape index (κ3) is 1.38. The summed E-state index contributed by atoms with van der Waals surface area (Å²) in [7, 11) is 1.45. The number of hydrogen-bond acceptors (Lipinski definition) is 3. The molecule has 0 unspecified atom stereocenters. The largest absolute Gasteiger partial charge is 0.327 e. The first-order chi connectivity index (χ1) is 6.42. The van der Waals surface area contributed by atoms with Gasteiger partial charge >= 0.3 is 6.03 Å². The van der Waals surface area contributed by atoms with E-state index in [1.807, 2.05) is 0 Å². The summed E-state index contributed by atoms with van der Waals surface area (Å²) in [5, 5.41) is 0. The number of likely N-dealkylation sites (N-methyl/N-ethyl adjacent to an activating group) is 1. The predicted molar refractivity (Wildman–Crippen MR) is 49.6 cm³/mol. The Bertz CT molecular complexity index is 286. The summed E-state index contributed by atoms with van der Waals surface area (Å²) < 4.78 is 0. The molecule has 1 aliphatic rings. The molecule has 14 heavy (non-hydrogen) atoms. The van der Waals surface area contributed by atoms with Crippen molar-refractivity contribution in [2.75, 3.05) is 13.6 Å². The van der Waals surface area contributed by atoms with Gasteiger partial charge in [-0.15, -0.1) is 0 Å². The second kappa shape index (κ2) is 3.40. The fraction of sp³-hybridized carbons (Fsp3) is 0.667. The lowest BCUT2D eigenvalue weighted by molar-refractivity contribution is -0.131. The minimum atomic E-state index is -0.825. The van der Waals surface area contributed by atoms with Gasteiger partial charge < -0.3 is 9.69 Å². The molecule has 0 aromatic heterocycles. The van der Waals surface area contributed by atoms with Crippen molar-refractivity contribution in [1.29, 1.82) is 0 Å². The molecule has 5 nitrogen and oxygen atoms in total. The van der Waals surface area contributed by atoms with Crippen molar-refractivity contribution in [3.8, 4) is 0 Å². The Morgan fingerprint density at radius 3 is 2.29 bits per heavy atom. The Hall–Kier alpha value is -1.39. The van der Waals surface area contributed by atoms with Crippen LogP contribution in [0.2, 0.25) is 0 Å². The van der Waals surface area contributed by atoms with Gasteiger partial charge in [0.2, 0.25) is 0 Å². The highest BCUT2D eigenvalue weighted by Crippen LogP contribution is 2.26. The topological polar surface area (TPSA) is 57.7 Å². The SMILES string of the molecule is CN1C(=O)N(CCC=O)C(C)(C)C1=O. The minimum absolute atomic E-state index is 0.228. The highest BCUT2D eigenvalue weighted by atomic mass is 16.2. The number of urea groups is 1. The van der Waals surface area contributed by atoms with Crippen LogP contribution >= 0.6 is 0 Å². The zero-order chi connectivity index (χ0) is 10.9. The van der Waals surface area contributed by atoms with Crippen LogP contribution in [0, 0.1) is 0 Å². The maximum absolute atomic E-state index is 11.6. The van der Waals surface area contributed by atoms with E-state index in [0.29, 0.717) is 6.54 Å². The third-order valence-corrected chi connectivity index (χ3v) is 2.49. The van der Waals surface area contributed by atoms with E-state index in [9.17, 15) is 14.4 Å². The van der Waals surface area contributed by atoms with Crippen molar-refractivity contribution in [1.82, 2.24) is 9.80 Å². The summed E-state index contributed by atoms with van der Waals surface area (Å²) in [6.07, 6.45) is 1.00. The standard InChI is InChI=1S/C9H14N2O3/c1-9(2)7(13)10(3)8(14)11(9)5-4-6-12/h6H,4-5H2,1-3H3. The van der Waals surface area contributed by atoms with Crippen molar-refractivity contribution in [3.63, 3.8) is 0 Å². The number of nitrogens with zero attached hydrogens (tertiary/aromatic N) is 2. The molecule has 1 aliphatic heterocycles. The van der Waals surface area contributed by atoms with E-state index in [1.165, 1.54) is 11.9 Å². The summed E-state index contributed by atoms with van der Waals surface area (Å²) in [6.45, 7) is 3.66. The predicted octanol–water partition coefficient (Wildman–Crippen LogP) is 0.248. The molecule has 0 N–H and O–H groups in total. The van der Waals surface area contributed by atoms with Crippen LogP contribution in [0.3, 0.4) is 0 Å². The molecule has 3 amide bonds. The van der Waals surface area contributed by atoms with E-state index in [0.717, 1.165) is 11.2 Å². The van der Waals surface area contributed by atoms with E-state index < -0.39 is 5.54 Å². The molecule has 0 bridgehead atoms. The molecule has 1 saturated heterocycles. The van der Waals surface area contributed by atoms with Crippen LogP contribution in [0.4, 0.5) is 4.79 Å². The molecular weight excluding hydrogens is 184 g/mol. The van der Waals surface area contributed by atoms with Gasteiger partial charge in [-0.3, -0.25) is 9.69 Å². The zero-order valence-electron chi connectivity index (χ0n) is 8.61. The Morgan fingerprint density at radius 2 is 1.93 bits per heavy atom. The van der Waals surface area contributed by atoms with E-state index in [4.69, 9.17) is 0 Å². The van der Waals surface area contributed by atoms with Gasteiger partial charge in [-0.1, -0.05) is 0 Å². The lowest BCUT2D eigenvalue weighted by Gasteiger charge is -2.26.